The summed E-state index contributed by atoms with van der Waals surface area (Å²) in [5.41, 5.74) is 3.00. The molecule has 4 nitrogen and oxygen atoms in total. The topological polar surface area (TPSA) is 41.4 Å². The number of rotatable bonds is 3. The smallest absolute Gasteiger partial charge is 0.167 e. The van der Waals surface area contributed by atoms with Crippen LogP contribution in [0.4, 0.5) is 5.82 Å². The van der Waals surface area contributed by atoms with Crippen LogP contribution in [-0.4, -0.2) is 23.2 Å². The lowest BCUT2D eigenvalue weighted by molar-refractivity contribution is 0.981. The average molecular weight is 282 g/mol. The molecule has 0 bridgehead atoms. The average Bonchev–Trinajstić information content (AvgIpc) is 2.89. The third kappa shape index (κ3) is 2.53. The third-order valence-corrected chi connectivity index (χ3v) is 3.97. The summed E-state index contributed by atoms with van der Waals surface area (Å²) in [6, 6.07) is 9.90. The summed E-state index contributed by atoms with van der Waals surface area (Å²) in [5, 5.41) is 8.22. The van der Waals surface area contributed by atoms with Gasteiger partial charge in [-0.15, -0.1) is 11.3 Å². The Labute approximate surface area is 121 Å². The van der Waals surface area contributed by atoms with Crippen molar-refractivity contribution in [1.29, 1.82) is 0 Å². The highest BCUT2D eigenvalue weighted by Crippen LogP contribution is 2.16. The highest BCUT2D eigenvalue weighted by molar-refractivity contribution is 7.11. The van der Waals surface area contributed by atoms with Crippen LogP contribution in [0.2, 0.25) is 0 Å². The van der Waals surface area contributed by atoms with E-state index in [0.717, 1.165) is 21.7 Å². The van der Waals surface area contributed by atoms with Crippen molar-refractivity contribution in [2.75, 3.05) is 12.1 Å². The summed E-state index contributed by atoms with van der Waals surface area (Å²) in [6.45, 7) is 2.08. The second kappa shape index (κ2) is 5.38. The molecule has 20 heavy (non-hydrogen) atoms. The standard InChI is InChI=1S/C15H14N4S/c1-11-7-8-20-14(11)9-17-19(2)15-10-16-12-5-3-4-6-13(12)18-15/h3-10H,1-2H3/b17-9+. The number of hydrogen-bond acceptors (Lipinski definition) is 5. The number of nitrogens with zero attached hydrogens (tertiary/aromatic N) is 4. The minimum absolute atomic E-state index is 0.731. The number of anilines is 1. The maximum atomic E-state index is 4.55. The predicted molar refractivity (Wildman–Crippen MR) is 84.6 cm³/mol. The number of aryl methyl sites for hydroxylation is 1. The Morgan fingerprint density at radius 2 is 2.00 bits per heavy atom. The molecule has 3 rings (SSSR count). The van der Waals surface area contributed by atoms with Crippen molar-refractivity contribution in [2.24, 2.45) is 5.10 Å². The van der Waals surface area contributed by atoms with E-state index in [0.29, 0.717) is 0 Å². The molecule has 5 heteroatoms. The number of hydrazone groups is 1. The molecule has 2 aromatic heterocycles. The molecule has 0 radical (unpaired) electrons. The predicted octanol–water partition coefficient (Wildman–Crippen LogP) is 3.47. The SMILES string of the molecule is Cc1ccsc1/C=N/N(C)c1cnc2ccccc2n1. The molecule has 0 amide bonds. The zero-order valence-electron chi connectivity index (χ0n) is 11.3. The molecule has 0 fully saturated rings. The number of para-hydroxylation sites is 2. The lowest BCUT2D eigenvalue weighted by Gasteiger charge is -2.11. The van der Waals surface area contributed by atoms with E-state index in [1.165, 1.54) is 5.56 Å². The van der Waals surface area contributed by atoms with Crippen LogP contribution >= 0.6 is 11.3 Å². The maximum Gasteiger partial charge on any atom is 0.167 e. The molecule has 0 aliphatic carbocycles. The fourth-order valence-corrected chi connectivity index (χ4v) is 2.60. The summed E-state index contributed by atoms with van der Waals surface area (Å²) in [6.07, 6.45) is 3.60. The van der Waals surface area contributed by atoms with Crippen molar-refractivity contribution in [1.82, 2.24) is 9.97 Å². The molecule has 0 saturated carbocycles. The second-order valence-electron chi connectivity index (χ2n) is 4.45. The van der Waals surface area contributed by atoms with Gasteiger partial charge in [-0.3, -0.25) is 4.98 Å². The lowest BCUT2D eigenvalue weighted by Crippen LogP contribution is -2.11. The number of thiophene rings is 1. The Kier molecular flexibility index (Phi) is 3.43. The van der Waals surface area contributed by atoms with Crippen LogP contribution in [0.5, 0.6) is 0 Å². The van der Waals surface area contributed by atoms with E-state index in [9.17, 15) is 0 Å². The molecule has 0 saturated heterocycles. The molecule has 2 heterocycles. The van der Waals surface area contributed by atoms with Crippen LogP contribution in [-0.2, 0) is 0 Å². The number of fused-ring (bicyclic) bond motifs is 1. The van der Waals surface area contributed by atoms with Crippen molar-refractivity contribution < 1.29 is 0 Å². The van der Waals surface area contributed by atoms with Crippen LogP contribution in [0, 0.1) is 6.92 Å². The maximum absolute atomic E-state index is 4.55. The Bertz CT molecular complexity index is 763. The summed E-state index contributed by atoms with van der Waals surface area (Å²) < 4.78 is 0. The molecule has 0 N–H and O–H groups in total. The third-order valence-electron chi connectivity index (χ3n) is 3.02. The van der Waals surface area contributed by atoms with E-state index in [2.05, 4.69) is 33.4 Å². The minimum atomic E-state index is 0.731. The highest BCUT2D eigenvalue weighted by Gasteiger charge is 2.03. The van der Waals surface area contributed by atoms with Crippen molar-refractivity contribution in [2.45, 2.75) is 6.92 Å². The minimum Gasteiger partial charge on any atom is -0.251 e. The molecular formula is C15H14N4S. The number of benzene rings is 1. The van der Waals surface area contributed by atoms with Crippen molar-refractivity contribution in [3.63, 3.8) is 0 Å². The monoisotopic (exact) mass is 282 g/mol. The van der Waals surface area contributed by atoms with Crippen LogP contribution < -0.4 is 5.01 Å². The summed E-state index contributed by atoms with van der Waals surface area (Å²) in [5.74, 6) is 0.731. The van der Waals surface area contributed by atoms with Gasteiger partial charge in [0, 0.05) is 11.9 Å². The molecule has 0 aliphatic heterocycles. The van der Waals surface area contributed by atoms with Gasteiger partial charge in [-0.05, 0) is 36.1 Å². The largest absolute Gasteiger partial charge is 0.251 e. The molecular weight excluding hydrogens is 268 g/mol. The molecule has 0 aliphatic rings. The molecule has 0 atom stereocenters. The van der Waals surface area contributed by atoms with Gasteiger partial charge >= 0.3 is 0 Å². The number of aromatic nitrogens is 2. The van der Waals surface area contributed by atoms with Gasteiger partial charge in [-0.25, -0.2) is 9.99 Å². The Morgan fingerprint density at radius 3 is 2.75 bits per heavy atom. The summed E-state index contributed by atoms with van der Waals surface area (Å²) in [4.78, 5) is 10.1. The zero-order valence-corrected chi connectivity index (χ0v) is 12.1. The van der Waals surface area contributed by atoms with Gasteiger partial charge in [-0.2, -0.15) is 5.10 Å². The van der Waals surface area contributed by atoms with Crippen molar-refractivity contribution in [3.05, 3.63) is 52.3 Å². The molecule has 0 unspecified atom stereocenters. The van der Waals surface area contributed by atoms with E-state index >= 15 is 0 Å². The quantitative estimate of drug-likeness (QED) is 0.545. The van der Waals surface area contributed by atoms with E-state index in [1.54, 1.807) is 22.5 Å². The Balaban J connectivity index is 1.87. The first kappa shape index (κ1) is 12.7. The molecule has 0 spiro atoms. The zero-order chi connectivity index (χ0) is 13.9. The Morgan fingerprint density at radius 1 is 1.20 bits per heavy atom. The van der Waals surface area contributed by atoms with Gasteiger partial charge in [0.15, 0.2) is 5.82 Å². The van der Waals surface area contributed by atoms with E-state index in [4.69, 9.17) is 0 Å². The first-order valence-corrected chi connectivity index (χ1v) is 7.15. The van der Waals surface area contributed by atoms with Crippen LogP contribution in [0.3, 0.4) is 0 Å². The van der Waals surface area contributed by atoms with E-state index < -0.39 is 0 Å². The van der Waals surface area contributed by atoms with Gasteiger partial charge in [0.2, 0.25) is 0 Å². The summed E-state index contributed by atoms with van der Waals surface area (Å²) >= 11 is 1.68. The van der Waals surface area contributed by atoms with Crippen molar-refractivity contribution in [3.8, 4) is 0 Å². The van der Waals surface area contributed by atoms with Crippen molar-refractivity contribution >= 4 is 34.4 Å². The highest BCUT2D eigenvalue weighted by atomic mass is 32.1. The lowest BCUT2D eigenvalue weighted by atomic mass is 10.3. The molecule has 100 valence electrons. The fraction of sp³-hybridized carbons (Fsp3) is 0.133. The van der Waals surface area contributed by atoms with Crippen LogP contribution in [0.15, 0.2) is 47.0 Å². The van der Waals surface area contributed by atoms with E-state index in [-0.39, 0.29) is 0 Å². The van der Waals surface area contributed by atoms with E-state index in [1.807, 2.05) is 37.5 Å². The molecule has 1 aromatic carbocycles. The fourth-order valence-electron chi connectivity index (χ4n) is 1.82. The van der Waals surface area contributed by atoms with Gasteiger partial charge in [-0.1, -0.05) is 12.1 Å². The van der Waals surface area contributed by atoms with Gasteiger partial charge in [0.1, 0.15) is 0 Å². The first-order valence-electron chi connectivity index (χ1n) is 6.27. The second-order valence-corrected chi connectivity index (χ2v) is 5.40. The number of hydrogen-bond donors (Lipinski definition) is 0. The van der Waals surface area contributed by atoms with Crippen LogP contribution in [0.1, 0.15) is 10.4 Å². The van der Waals surface area contributed by atoms with Gasteiger partial charge in [0.05, 0.1) is 23.4 Å². The van der Waals surface area contributed by atoms with Gasteiger partial charge < -0.3 is 0 Å². The normalized spacial score (nSPS) is 11.3. The van der Waals surface area contributed by atoms with Crippen LogP contribution in [0.25, 0.3) is 11.0 Å². The van der Waals surface area contributed by atoms with Gasteiger partial charge in [0.25, 0.3) is 0 Å². The Hall–Kier alpha value is -2.27. The first-order chi connectivity index (χ1) is 9.74. The summed E-state index contributed by atoms with van der Waals surface area (Å²) in [7, 11) is 1.87. The molecule has 3 aromatic rings.